The van der Waals surface area contributed by atoms with Gasteiger partial charge in [0.2, 0.25) is 10.2 Å². The van der Waals surface area contributed by atoms with E-state index in [9.17, 15) is 13.2 Å². The maximum absolute atomic E-state index is 11.7. The van der Waals surface area contributed by atoms with Crippen molar-refractivity contribution in [3.05, 3.63) is 24.3 Å². The number of fused-ring (bicyclic) bond motifs is 1. The zero-order chi connectivity index (χ0) is 12.5. The summed E-state index contributed by atoms with van der Waals surface area (Å²) in [7, 11) is -3.91. The highest BCUT2D eigenvalue weighted by Crippen LogP contribution is 2.24. The Morgan fingerprint density at radius 1 is 1.41 bits per heavy atom. The second kappa shape index (κ2) is 4.40. The Bertz CT molecular complexity index is 630. The summed E-state index contributed by atoms with van der Waals surface area (Å²) in [6.07, 6.45) is 0. The molecule has 0 fully saturated rings. The number of aromatic nitrogens is 1. The number of nitrogens with one attached hydrogen (secondary N) is 1. The summed E-state index contributed by atoms with van der Waals surface area (Å²) in [5.74, 6) is -0.760. The molecule has 17 heavy (non-hydrogen) atoms. The lowest BCUT2D eigenvalue weighted by atomic mass is 10.3. The normalized spacial score (nSPS) is 11.6. The molecule has 1 amide bonds. The molecule has 0 saturated heterocycles. The maximum atomic E-state index is 11.7. The molecule has 0 saturated carbocycles. The van der Waals surface area contributed by atoms with Crippen molar-refractivity contribution >= 4 is 37.5 Å². The van der Waals surface area contributed by atoms with Gasteiger partial charge in [-0.1, -0.05) is 12.1 Å². The smallest absolute Gasteiger partial charge is 0.291 e. The number of para-hydroxylation sites is 1. The van der Waals surface area contributed by atoms with Crippen molar-refractivity contribution in [3.63, 3.8) is 0 Å². The van der Waals surface area contributed by atoms with E-state index in [1.807, 2.05) is 4.72 Å². The number of hydrogen-bond donors (Lipinski definition) is 2. The first-order chi connectivity index (χ1) is 8.03. The number of rotatable bonds is 3. The van der Waals surface area contributed by atoms with Gasteiger partial charge in [0.1, 0.15) is 0 Å². The summed E-state index contributed by atoms with van der Waals surface area (Å²) in [4.78, 5) is 14.9. The van der Waals surface area contributed by atoms with E-state index in [2.05, 4.69) is 4.98 Å². The third kappa shape index (κ3) is 2.43. The molecule has 90 valence electrons. The average molecular weight is 271 g/mol. The van der Waals surface area contributed by atoms with Gasteiger partial charge in [0.25, 0.3) is 10.0 Å². The minimum Gasteiger partial charge on any atom is -0.322 e. The minimum atomic E-state index is -3.91. The van der Waals surface area contributed by atoms with Crippen LogP contribution in [0, 0.1) is 0 Å². The van der Waals surface area contributed by atoms with Crippen molar-refractivity contribution in [2.75, 3.05) is 6.54 Å². The van der Waals surface area contributed by atoms with Crippen LogP contribution in [0.4, 0.5) is 0 Å². The molecule has 6 nitrogen and oxygen atoms in total. The van der Waals surface area contributed by atoms with Crippen LogP contribution in [0.15, 0.2) is 28.6 Å². The number of sulfonamides is 1. The fraction of sp³-hybridized carbons (Fsp3) is 0.111. The topological polar surface area (TPSA) is 102 Å². The predicted octanol–water partition coefficient (Wildman–Crippen LogP) is 0.0599. The van der Waals surface area contributed by atoms with Crippen LogP contribution < -0.4 is 10.5 Å². The number of amides is 1. The van der Waals surface area contributed by atoms with E-state index in [0.717, 1.165) is 16.0 Å². The van der Waals surface area contributed by atoms with Crippen molar-refractivity contribution in [1.29, 1.82) is 0 Å². The fourth-order valence-corrected chi connectivity index (χ4v) is 3.42. The molecule has 3 N–H and O–H groups in total. The van der Waals surface area contributed by atoms with E-state index in [1.165, 1.54) is 0 Å². The average Bonchev–Trinajstić information content (AvgIpc) is 2.72. The molecule has 8 heteroatoms. The minimum absolute atomic E-state index is 0.138. The van der Waals surface area contributed by atoms with Gasteiger partial charge in [-0.2, -0.15) is 8.42 Å². The molecule has 1 aromatic carbocycles. The van der Waals surface area contributed by atoms with Gasteiger partial charge < -0.3 is 5.73 Å². The quantitative estimate of drug-likeness (QED) is 0.821. The van der Waals surface area contributed by atoms with Gasteiger partial charge in [0.05, 0.1) is 16.8 Å². The van der Waals surface area contributed by atoms with Crippen LogP contribution in [0.1, 0.15) is 0 Å². The van der Waals surface area contributed by atoms with Crippen LogP contribution in [0.2, 0.25) is 0 Å². The van der Waals surface area contributed by atoms with Gasteiger partial charge in [0, 0.05) is 0 Å². The van der Waals surface area contributed by atoms with E-state index in [1.54, 1.807) is 24.3 Å². The molecule has 0 spiro atoms. The molecular formula is C9H9N3O3S2. The lowest BCUT2D eigenvalue weighted by Crippen LogP contribution is -2.35. The predicted molar refractivity (Wildman–Crippen MR) is 64.0 cm³/mol. The summed E-state index contributed by atoms with van der Waals surface area (Å²) in [6.45, 7) is -0.385. The van der Waals surface area contributed by atoms with Gasteiger partial charge in [-0.3, -0.25) is 4.79 Å². The fourth-order valence-electron chi connectivity index (χ4n) is 1.20. The van der Waals surface area contributed by atoms with Crippen LogP contribution >= 0.6 is 11.3 Å². The van der Waals surface area contributed by atoms with Crippen LogP contribution in [0.25, 0.3) is 10.2 Å². The number of hydrogen-bond acceptors (Lipinski definition) is 6. The number of carbonyl (C=O) groups is 1. The lowest BCUT2D eigenvalue weighted by Gasteiger charge is -2.00. The van der Waals surface area contributed by atoms with Gasteiger partial charge in [-0.25, -0.2) is 9.71 Å². The van der Waals surface area contributed by atoms with Crippen LogP contribution in [-0.2, 0) is 14.8 Å². The van der Waals surface area contributed by atoms with Gasteiger partial charge in [-0.15, -0.1) is 11.3 Å². The monoisotopic (exact) mass is 271 g/mol. The van der Waals surface area contributed by atoms with Crippen molar-refractivity contribution in [2.45, 2.75) is 4.34 Å². The van der Waals surface area contributed by atoms with E-state index in [-0.39, 0.29) is 10.9 Å². The van der Waals surface area contributed by atoms with Crippen molar-refractivity contribution in [3.8, 4) is 0 Å². The number of nitrogens with zero attached hydrogens (tertiary/aromatic N) is 1. The Labute approximate surface area is 102 Å². The Morgan fingerprint density at radius 2 is 2.12 bits per heavy atom. The highest BCUT2D eigenvalue weighted by Gasteiger charge is 2.21. The number of benzene rings is 1. The van der Waals surface area contributed by atoms with Crippen LogP contribution in [-0.4, -0.2) is 25.9 Å². The van der Waals surface area contributed by atoms with Crippen molar-refractivity contribution in [1.82, 2.24) is 9.71 Å². The van der Waals surface area contributed by atoms with E-state index >= 15 is 0 Å². The Hall–Kier alpha value is -1.51. The number of thiazole rings is 1. The first-order valence-corrected chi connectivity index (χ1v) is 6.94. The summed E-state index contributed by atoms with van der Waals surface area (Å²) in [5.41, 5.74) is 5.62. The molecule has 0 atom stereocenters. The lowest BCUT2D eigenvalue weighted by molar-refractivity contribution is -0.118. The third-order valence-electron chi connectivity index (χ3n) is 1.94. The SMILES string of the molecule is NCC(=O)NS(=O)(=O)c1nc2ccccc2s1. The summed E-state index contributed by atoms with van der Waals surface area (Å²) in [5, 5.41) is 0. The number of nitrogens with two attached hydrogens (primary N) is 1. The number of carbonyl (C=O) groups excluding carboxylic acids is 1. The van der Waals surface area contributed by atoms with Gasteiger partial charge in [-0.05, 0) is 12.1 Å². The molecule has 0 bridgehead atoms. The Morgan fingerprint density at radius 3 is 2.76 bits per heavy atom. The molecule has 0 aliphatic rings. The van der Waals surface area contributed by atoms with Gasteiger partial charge in [0.15, 0.2) is 0 Å². The second-order valence-corrected chi connectivity index (χ2v) is 6.07. The standard InChI is InChI=1S/C9H9N3O3S2/c10-5-8(13)12-17(14,15)9-11-6-3-1-2-4-7(6)16-9/h1-4H,5,10H2,(H,12,13). The molecular weight excluding hydrogens is 262 g/mol. The first kappa shape index (κ1) is 12.0. The summed E-state index contributed by atoms with van der Waals surface area (Å²) in [6, 6.07) is 7.01. The highest BCUT2D eigenvalue weighted by molar-refractivity contribution is 7.92. The largest absolute Gasteiger partial charge is 0.322 e. The second-order valence-electron chi connectivity index (χ2n) is 3.18. The van der Waals surface area contributed by atoms with Gasteiger partial charge >= 0.3 is 0 Å². The molecule has 2 aromatic rings. The molecule has 0 unspecified atom stereocenters. The zero-order valence-electron chi connectivity index (χ0n) is 8.58. The molecule has 2 rings (SSSR count). The Balaban J connectivity index is 2.42. The third-order valence-corrected chi connectivity index (χ3v) is 4.72. The molecule has 0 aliphatic carbocycles. The maximum Gasteiger partial charge on any atom is 0.291 e. The Kier molecular flexibility index (Phi) is 3.09. The van der Waals surface area contributed by atoms with E-state index in [4.69, 9.17) is 5.73 Å². The molecule has 0 radical (unpaired) electrons. The molecule has 0 aliphatic heterocycles. The van der Waals surface area contributed by atoms with E-state index in [0.29, 0.717) is 5.52 Å². The summed E-state index contributed by atoms with van der Waals surface area (Å²) < 4.78 is 25.9. The van der Waals surface area contributed by atoms with Crippen molar-refractivity contribution in [2.24, 2.45) is 5.73 Å². The first-order valence-electron chi connectivity index (χ1n) is 4.64. The summed E-state index contributed by atoms with van der Waals surface area (Å²) >= 11 is 1.00. The van der Waals surface area contributed by atoms with Crippen LogP contribution in [0.3, 0.4) is 0 Å². The molecule has 1 heterocycles. The van der Waals surface area contributed by atoms with E-state index < -0.39 is 15.9 Å². The highest BCUT2D eigenvalue weighted by atomic mass is 32.2. The molecule has 1 aromatic heterocycles. The zero-order valence-corrected chi connectivity index (χ0v) is 10.2. The van der Waals surface area contributed by atoms with Crippen molar-refractivity contribution < 1.29 is 13.2 Å². The van der Waals surface area contributed by atoms with Crippen LogP contribution in [0.5, 0.6) is 0 Å².